The van der Waals surface area contributed by atoms with Gasteiger partial charge < -0.3 is 19.8 Å². The summed E-state index contributed by atoms with van der Waals surface area (Å²) in [5.41, 5.74) is -1.85. The minimum absolute atomic E-state index is 0. The number of rotatable bonds is 4. The third-order valence-electron chi connectivity index (χ3n) is 2.27. The van der Waals surface area contributed by atoms with Gasteiger partial charge in [0, 0.05) is 0 Å². The first-order valence-corrected chi connectivity index (χ1v) is 3.82. The molecule has 6 heteroatoms. The SMILES string of the molecule is CCC(C(=O)[O-])(C(=O)[O-])C(C)C.[Na+].[Na+]. The third-order valence-corrected chi connectivity index (χ3v) is 2.27. The van der Waals surface area contributed by atoms with Crippen LogP contribution in [0, 0.1) is 11.3 Å². The van der Waals surface area contributed by atoms with Crippen LogP contribution in [0.5, 0.6) is 0 Å². The number of aliphatic carboxylic acids is 2. The van der Waals surface area contributed by atoms with Crippen molar-refractivity contribution < 1.29 is 78.9 Å². The van der Waals surface area contributed by atoms with E-state index < -0.39 is 23.3 Å². The first-order valence-electron chi connectivity index (χ1n) is 3.82. The fourth-order valence-electron chi connectivity index (χ4n) is 1.25. The molecule has 0 unspecified atom stereocenters. The number of carbonyl (C=O) groups is 2. The molecule has 0 rings (SSSR count). The number of hydrogen-bond donors (Lipinski definition) is 0. The van der Waals surface area contributed by atoms with Crippen LogP contribution in [0.1, 0.15) is 27.2 Å². The summed E-state index contributed by atoms with van der Waals surface area (Å²) in [5, 5.41) is 21.2. The molecule has 0 fully saturated rings. The summed E-state index contributed by atoms with van der Waals surface area (Å²) in [6.45, 7) is 4.54. The monoisotopic (exact) mass is 218 g/mol. The molecule has 0 N–H and O–H groups in total. The summed E-state index contributed by atoms with van der Waals surface area (Å²) >= 11 is 0. The Labute approximate surface area is 128 Å². The number of carboxylic acid groups (broad SMARTS) is 2. The molecule has 0 aromatic heterocycles. The van der Waals surface area contributed by atoms with Gasteiger partial charge in [0.1, 0.15) is 0 Å². The molecule has 0 aliphatic rings. The Morgan fingerprint density at radius 2 is 1.43 bits per heavy atom. The van der Waals surface area contributed by atoms with E-state index in [1.165, 1.54) is 20.8 Å². The second kappa shape index (κ2) is 8.13. The summed E-state index contributed by atoms with van der Waals surface area (Å²) < 4.78 is 0. The van der Waals surface area contributed by atoms with E-state index >= 15 is 0 Å². The van der Waals surface area contributed by atoms with Gasteiger partial charge in [-0.1, -0.05) is 20.8 Å². The van der Waals surface area contributed by atoms with Crippen LogP contribution in [-0.2, 0) is 9.59 Å². The molecule has 0 aliphatic heterocycles. The molecule has 4 nitrogen and oxygen atoms in total. The summed E-state index contributed by atoms with van der Waals surface area (Å²) in [7, 11) is 0. The quantitative estimate of drug-likeness (QED) is 0.347. The maximum Gasteiger partial charge on any atom is 1.00 e. The van der Waals surface area contributed by atoms with Crippen LogP contribution in [-0.4, -0.2) is 11.9 Å². The van der Waals surface area contributed by atoms with Gasteiger partial charge in [-0.2, -0.15) is 0 Å². The van der Waals surface area contributed by atoms with Gasteiger partial charge in [0.2, 0.25) is 0 Å². The molecule has 70 valence electrons. The molecule has 14 heavy (non-hydrogen) atoms. The van der Waals surface area contributed by atoms with E-state index in [1.807, 2.05) is 0 Å². The van der Waals surface area contributed by atoms with Gasteiger partial charge in [-0.3, -0.25) is 0 Å². The van der Waals surface area contributed by atoms with Crippen molar-refractivity contribution in [1.29, 1.82) is 0 Å². The van der Waals surface area contributed by atoms with Crippen molar-refractivity contribution in [3.63, 3.8) is 0 Å². The van der Waals surface area contributed by atoms with E-state index in [9.17, 15) is 19.8 Å². The molecular formula is C8H12Na2O4. The second-order valence-corrected chi connectivity index (χ2v) is 3.05. The molecule has 0 aromatic rings. The van der Waals surface area contributed by atoms with Gasteiger partial charge >= 0.3 is 59.1 Å². The van der Waals surface area contributed by atoms with Crippen LogP contribution in [0.25, 0.3) is 0 Å². The normalized spacial score (nSPS) is 10.0. The van der Waals surface area contributed by atoms with Crippen LogP contribution in [0.15, 0.2) is 0 Å². The van der Waals surface area contributed by atoms with Gasteiger partial charge in [0.15, 0.2) is 0 Å². The topological polar surface area (TPSA) is 80.3 Å². The van der Waals surface area contributed by atoms with Crippen molar-refractivity contribution in [3.05, 3.63) is 0 Å². The molecule has 0 radical (unpaired) electrons. The Morgan fingerprint density at radius 1 is 1.14 bits per heavy atom. The van der Waals surface area contributed by atoms with Crippen molar-refractivity contribution in [2.24, 2.45) is 11.3 Å². The summed E-state index contributed by atoms with van der Waals surface area (Å²) in [4.78, 5) is 21.2. The van der Waals surface area contributed by atoms with Gasteiger partial charge in [0.25, 0.3) is 0 Å². The minimum Gasteiger partial charge on any atom is -0.549 e. The maximum absolute atomic E-state index is 10.6. The molecule has 0 bridgehead atoms. The van der Waals surface area contributed by atoms with E-state index in [0.717, 1.165) is 0 Å². The molecule has 0 atom stereocenters. The van der Waals surface area contributed by atoms with Crippen molar-refractivity contribution in [3.8, 4) is 0 Å². The molecule has 0 heterocycles. The van der Waals surface area contributed by atoms with Crippen molar-refractivity contribution in [2.45, 2.75) is 27.2 Å². The standard InChI is InChI=1S/C8H14O4.2Na/c1-4-8(5(2)3,6(9)10)7(11)12;;/h5H,4H2,1-3H3,(H,9,10)(H,11,12);;/q;2*+1/p-2. The Kier molecular flexibility index (Phi) is 11.8. The van der Waals surface area contributed by atoms with Gasteiger partial charge in [-0.25, -0.2) is 0 Å². The fraction of sp³-hybridized carbons (Fsp3) is 0.750. The zero-order chi connectivity index (χ0) is 9.94. The number of carboxylic acids is 2. The first kappa shape index (κ1) is 20.4. The largest absolute Gasteiger partial charge is 1.00 e. The van der Waals surface area contributed by atoms with E-state index in [2.05, 4.69) is 0 Å². The van der Waals surface area contributed by atoms with E-state index in [-0.39, 0.29) is 65.5 Å². The summed E-state index contributed by atoms with van der Waals surface area (Å²) in [6.07, 6.45) is -0.0185. The fourth-order valence-corrected chi connectivity index (χ4v) is 1.25. The zero-order valence-electron chi connectivity index (χ0n) is 9.42. The number of hydrogen-bond acceptors (Lipinski definition) is 4. The molecule has 0 saturated heterocycles. The van der Waals surface area contributed by atoms with Gasteiger partial charge in [-0.05, 0) is 12.3 Å². The van der Waals surface area contributed by atoms with Crippen LogP contribution in [0.2, 0.25) is 0 Å². The molecular weight excluding hydrogens is 206 g/mol. The van der Waals surface area contributed by atoms with Gasteiger partial charge in [-0.15, -0.1) is 0 Å². The van der Waals surface area contributed by atoms with Crippen LogP contribution >= 0.6 is 0 Å². The van der Waals surface area contributed by atoms with E-state index in [4.69, 9.17) is 0 Å². The average Bonchev–Trinajstić information content (AvgIpc) is 1.86. The molecule has 0 saturated carbocycles. The van der Waals surface area contributed by atoms with E-state index in [1.54, 1.807) is 0 Å². The van der Waals surface area contributed by atoms with E-state index in [0.29, 0.717) is 0 Å². The maximum atomic E-state index is 10.6. The molecule has 0 aromatic carbocycles. The zero-order valence-corrected chi connectivity index (χ0v) is 13.4. The van der Waals surface area contributed by atoms with Crippen molar-refractivity contribution in [2.75, 3.05) is 0 Å². The average molecular weight is 218 g/mol. The summed E-state index contributed by atoms with van der Waals surface area (Å²) in [6, 6.07) is 0. The predicted octanol–water partition coefficient (Wildman–Crippen LogP) is -7.45. The Morgan fingerprint density at radius 3 is 1.43 bits per heavy atom. The molecule has 0 spiro atoms. The van der Waals surface area contributed by atoms with Crippen LogP contribution in [0.3, 0.4) is 0 Å². The smallest absolute Gasteiger partial charge is 0.549 e. The predicted molar refractivity (Wildman–Crippen MR) is 37.6 cm³/mol. The minimum atomic E-state index is -1.85. The Bertz CT molecular complexity index is 190. The molecule has 0 amide bonds. The van der Waals surface area contributed by atoms with Crippen LogP contribution in [0.4, 0.5) is 0 Å². The summed E-state index contributed by atoms with van der Waals surface area (Å²) in [5.74, 6) is -3.67. The molecule has 0 aliphatic carbocycles. The third kappa shape index (κ3) is 3.83. The van der Waals surface area contributed by atoms with Crippen LogP contribution < -0.4 is 69.3 Å². The Balaban J connectivity index is -0.000000605. The second-order valence-electron chi connectivity index (χ2n) is 3.05. The first-order chi connectivity index (χ1) is 5.39. The number of carbonyl (C=O) groups excluding carboxylic acids is 2. The van der Waals surface area contributed by atoms with Crippen molar-refractivity contribution in [1.82, 2.24) is 0 Å². The van der Waals surface area contributed by atoms with Gasteiger partial charge in [0.05, 0.1) is 17.4 Å². The van der Waals surface area contributed by atoms with Crippen molar-refractivity contribution >= 4 is 11.9 Å². The Hall–Kier alpha value is 0.940.